The molecule has 1 atom stereocenters. The number of nitrogens with one attached hydrogen (secondary N) is 2. The van der Waals surface area contributed by atoms with Crippen LogP contribution in [0.15, 0.2) is 89.1 Å². The van der Waals surface area contributed by atoms with Crippen molar-refractivity contribution in [2.45, 2.75) is 18.7 Å². The van der Waals surface area contributed by atoms with E-state index in [1.54, 1.807) is 33.1 Å². The van der Waals surface area contributed by atoms with Crippen LogP contribution in [0.5, 0.6) is 17.2 Å². The third-order valence-electron chi connectivity index (χ3n) is 5.72. The first-order chi connectivity index (χ1) is 17.5. The summed E-state index contributed by atoms with van der Waals surface area (Å²) in [6.45, 7) is 1.89. The molecule has 186 valence electrons. The van der Waals surface area contributed by atoms with Gasteiger partial charge >= 0.3 is 0 Å². The molecule has 7 nitrogen and oxygen atoms in total. The van der Waals surface area contributed by atoms with Gasteiger partial charge in [0, 0.05) is 17.1 Å². The van der Waals surface area contributed by atoms with E-state index < -0.39 is 6.04 Å². The zero-order valence-corrected chi connectivity index (χ0v) is 21.5. The van der Waals surface area contributed by atoms with E-state index >= 15 is 0 Å². The number of carbonyl (C=O) groups excluding carboxylic acids is 1. The summed E-state index contributed by atoms with van der Waals surface area (Å²) in [5.41, 5.74) is 3.89. The largest absolute Gasteiger partial charge is 0.493 e. The van der Waals surface area contributed by atoms with Gasteiger partial charge in [0.1, 0.15) is 6.04 Å². The van der Waals surface area contributed by atoms with Gasteiger partial charge in [-0.2, -0.15) is 0 Å². The Morgan fingerprint density at radius 2 is 1.56 bits per heavy atom. The molecule has 0 aliphatic carbocycles. The fourth-order valence-corrected chi connectivity index (χ4v) is 4.86. The highest BCUT2D eigenvalue weighted by Crippen LogP contribution is 2.43. The lowest BCUT2D eigenvalue weighted by molar-refractivity contribution is -0.113. The van der Waals surface area contributed by atoms with Crippen molar-refractivity contribution in [2.75, 3.05) is 26.6 Å². The van der Waals surface area contributed by atoms with Gasteiger partial charge in [-0.05, 0) is 42.3 Å². The minimum Gasteiger partial charge on any atom is -0.493 e. The predicted octanol–water partition coefficient (Wildman–Crippen LogP) is 5.56. The zero-order chi connectivity index (χ0) is 25.5. The van der Waals surface area contributed by atoms with Crippen LogP contribution in [0.1, 0.15) is 24.1 Å². The minimum absolute atomic E-state index is 0.235. The molecule has 0 radical (unpaired) electrons. The molecular weight excluding hydrogens is 474 g/mol. The standard InChI is InChI=1S/C28H29N3O4S/c1-18-24(27(32)30-21-13-9-6-10-14-21)25(20-15-22(33-2)26(35-4)23(16-20)34-3)31-28(29-18)36-17-19-11-7-5-8-12-19/h5-16,25H,17H2,1-4H3,(H,29,31)(H,30,32)/t25-/m0/s1. The second-order valence-corrected chi connectivity index (χ2v) is 9.02. The van der Waals surface area contributed by atoms with Crippen LogP contribution < -0.4 is 24.8 Å². The molecule has 3 aromatic carbocycles. The Morgan fingerprint density at radius 1 is 0.944 bits per heavy atom. The molecule has 0 fully saturated rings. The van der Waals surface area contributed by atoms with Gasteiger partial charge in [-0.25, -0.2) is 4.99 Å². The zero-order valence-electron chi connectivity index (χ0n) is 20.7. The van der Waals surface area contributed by atoms with Gasteiger partial charge in [-0.15, -0.1) is 0 Å². The van der Waals surface area contributed by atoms with Crippen molar-refractivity contribution in [3.8, 4) is 17.2 Å². The molecule has 0 unspecified atom stereocenters. The lowest BCUT2D eigenvalue weighted by Gasteiger charge is -2.27. The van der Waals surface area contributed by atoms with Crippen LogP contribution in [0.25, 0.3) is 0 Å². The molecule has 8 heteroatoms. The number of amidine groups is 1. The molecule has 0 spiro atoms. The van der Waals surface area contributed by atoms with Crippen LogP contribution in [-0.4, -0.2) is 32.4 Å². The highest BCUT2D eigenvalue weighted by atomic mass is 32.2. The first kappa shape index (κ1) is 25.2. The number of aliphatic imine (C=N–C) groups is 1. The fourth-order valence-electron chi connectivity index (χ4n) is 3.96. The number of hydrogen-bond acceptors (Lipinski definition) is 7. The van der Waals surface area contributed by atoms with Gasteiger partial charge in [0.05, 0.1) is 26.9 Å². The van der Waals surface area contributed by atoms with Gasteiger partial charge in [0.15, 0.2) is 16.7 Å². The van der Waals surface area contributed by atoms with E-state index in [0.29, 0.717) is 28.5 Å². The Hall–Kier alpha value is -3.91. The Balaban J connectivity index is 1.73. The Bertz CT molecular complexity index is 1250. The van der Waals surface area contributed by atoms with Crippen LogP contribution >= 0.6 is 11.8 Å². The first-order valence-electron chi connectivity index (χ1n) is 11.4. The molecule has 4 rings (SSSR count). The maximum Gasteiger partial charge on any atom is 0.255 e. The number of carbonyl (C=O) groups is 1. The van der Waals surface area contributed by atoms with Crippen LogP contribution in [0.3, 0.4) is 0 Å². The Labute approximate surface area is 215 Å². The van der Waals surface area contributed by atoms with Crippen molar-refractivity contribution >= 4 is 28.5 Å². The summed E-state index contributed by atoms with van der Waals surface area (Å²) in [7, 11) is 4.69. The van der Waals surface area contributed by atoms with Gasteiger partial charge in [-0.3, -0.25) is 4.79 Å². The summed E-state index contributed by atoms with van der Waals surface area (Å²) in [5, 5.41) is 7.05. The van der Waals surface area contributed by atoms with E-state index in [4.69, 9.17) is 19.2 Å². The van der Waals surface area contributed by atoms with Crippen LogP contribution in [0.4, 0.5) is 5.69 Å². The lowest BCUT2D eigenvalue weighted by Crippen LogP contribution is -2.32. The van der Waals surface area contributed by atoms with Gasteiger partial charge in [0.2, 0.25) is 5.75 Å². The topological polar surface area (TPSA) is 81.2 Å². The number of hydrogen-bond donors (Lipinski definition) is 2. The molecule has 3 aromatic rings. The number of ether oxygens (including phenoxy) is 3. The Morgan fingerprint density at radius 3 is 2.14 bits per heavy atom. The lowest BCUT2D eigenvalue weighted by atomic mass is 9.95. The minimum atomic E-state index is -0.582. The molecule has 1 aliphatic heterocycles. The normalized spacial score (nSPS) is 15.0. The molecule has 1 aliphatic rings. The van der Waals surface area contributed by atoms with Crippen molar-refractivity contribution in [1.82, 2.24) is 5.32 Å². The fraction of sp³-hybridized carbons (Fsp3) is 0.214. The van der Waals surface area contributed by atoms with Crippen molar-refractivity contribution in [2.24, 2.45) is 4.99 Å². The third-order valence-corrected chi connectivity index (χ3v) is 6.67. The number of benzene rings is 3. The quantitative estimate of drug-likeness (QED) is 0.419. The first-order valence-corrected chi connectivity index (χ1v) is 12.4. The van der Waals surface area contributed by atoms with Gasteiger partial charge in [-0.1, -0.05) is 60.3 Å². The maximum absolute atomic E-state index is 13.5. The number of thioether (sulfide) groups is 1. The highest BCUT2D eigenvalue weighted by Gasteiger charge is 2.31. The number of rotatable bonds is 8. The van der Waals surface area contributed by atoms with Gasteiger partial charge in [0.25, 0.3) is 5.91 Å². The van der Waals surface area contributed by atoms with Crippen molar-refractivity contribution in [3.63, 3.8) is 0 Å². The summed E-state index contributed by atoms with van der Waals surface area (Å²) in [5.74, 6) is 1.99. The average molecular weight is 504 g/mol. The third kappa shape index (κ3) is 5.66. The number of anilines is 1. The van der Waals surface area contributed by atoms with E-state index in [2.05, 4.69) is 22.8 Å². The van der Waals surface area contributed by atoms with Crippen LogP contribution in [-0.2, 0) is 10.5 Å². The summed E-state index contributed by atoms with van der Waals surface area (Å²) in [6.07, 6.45) is 0. The molecule has 0 bridgehead atoms. The number of allylic oxidation sites excluding steroid dienone is 1. The molecule has 1 amide bonds. The van der Waals surface area contributed by atoms with Crippen molar-refractivity contribution in [3.05, 3.63) is 95.2 Å². The second-order valence-electron chi connectivity index (χ2n) is 8.05. The Kier molecular flexibility index (Phi) is 8.17. The van der Waals surface area contributed by atoms with Gasteiger partial charge < -0.3 is 24.8 Å². The van der Waals surface area contributed by atoms with E-state index in [9.17, 15) is 4.79 Å². The predicted molar refractivity (Wildman–Crippen MR) is 145 cm³/mol. The van der Waals surface area contributed by atoms with Crippen LogP contribution in [0.2, 0.25) is 0 Å². The molecule has 0 aromatic heterocycles. The van der Waals surface area contributed by atoms with Crippen molar-refractivity contribution in [1.29, 1.82) is 0 Å². The molecule has 0 saturated heterocycles. The molecule has 1 heterocycles. The summed E-state index contributed by atoms with van der Waals surface area (Å²) < 4.78 is 16.6. The highest BCUT2D eigenvalue weighted by molar-refractivity contribution is 8.13. The van der Waals surface area contributed by atoms with E-state index in [1.807, 2.05) is 67.6 Å². The van der Waals surface area contributed by atoms with E-state index in [1.165, 1.54) is 5.56 Å². The number of amides is 1. The number of methoxy groups -OCH3 is 3. The van der Waals surface area contributed by atoms with E-state index in [-0.39, 0.29) is 5.91 Å². The molecule has 36 heavy (non-hydrogen) atoms. The van der Waals surface area contributed by atoms with Crippen molar-refractivity contribution < 1.29 is 19.0 Å². The summed E-state index contributed by atoms with van der Waals surface area (Å²) in [6, 6.07) is 22.6. The number of para-hydroxylation sites is 1. The summed E-state index contributed by atoms with van der Waals surface area (Å²) >= 11 is 1.58. The average Bonchev–Trinajstić information content (AvgIpc) is 2.91. The molecule has 2 N–H and O–H groups in total. The monoisotopic (exact) mass is 503 g/mol. The molecule has 0 saturated carbocycles. The van der Waals surface area contributed by atoms with Crippen LogP contribution in [0, 0.1) is 0 Å². The second kappa shape index (κ2) is 11.7. The maximum atomic E-state index is 13.5. The van der Waals surface area contributed by atoms with E-state index in [0.717, 1.165) is 22.2 Å². The SMILES string of the molecule is COc1cc([C@@H]2N=C(SCc3ccccc3)NC(C)=C2C(=O)Nc2ccccc2)cc(OC)c1OC. The smallest absolute Gasteiger partial charge is 0.255 e. The molecular formula is C28H29N3O4S. The number of nitrogens with zero attached hydrogens (tertiary/aromatic N) is 1. The summed E-state index contributed by atoms with van der Waals surface area (Å²) in [4.78, 5) is 18.5.